The average Bonchev–Trinajstić information content (AvgIpc) is 3.24. The minimum atomic E-state index is -1.25. The van der Waals surface area contributed by atoms with Crippen molar-refractivity contribution < 1.29 is 13.8 Å². The standard InChI is InChI=1S/C51H47BO3P2/c1-4-6-20-39-34-37-22-14-17-30-43(37)47(49(39)55-57(40-25-9-7-10-26-40)41-27-11-8-12-28-41)48-44-31-18-15-23-38(44)35-45(52)50(48)54-56-51(3,33-5-2)53-46-32-19-24-36-21-13-16-29-42(36)46/h7-19,21-32,34-35,56H,4-6,20,33H2,1-3H3. The lowest BCUT2D eigenvalue weighted by Gasteiger charge is -2.32. The Hall–Kier alpha value is -5.14. The van der Waals surface area contributed by atoms with Gasteiger partial charge in [0.05, 0.1) is 0 Å². The van der Waals surface area contributed by atoms with E-state index in [9.17, 15) is 0 Å². The van der Waals surface area contributed by atoms with Crippen LogP contribution in [0.2, 0.25) is 0 Å². The molecule has 0 fully saturated rings. The van der Waals surface area contributed by atoms with Gasteiger partial charge in [0.15, 0.2) is 13.5 Å². The summed E-state index contributed by atoms with van der Waals surface area (Å²) in [6.07, 6.45) is 4.72. The number of unbranched alkanes of at least 4 members (excludes halogenated alkanes) is 1. The Morgan fingerprint density at radius 3 is 1.75 bits per heavy atom. The van der Waals surface area contributed by atoms with Crippen molar-refractivity contribution in [3.8, 4) is 28.4 Å². The van der Waals surface area contributed by atoms with Crippen LogP contribution in [0, 0.1) is 0 Å². The van der Waals surface area contributed by atoms with Crippen LogP contribution in [-0.4, -0.2) is 13.2 Å². The quantitative estimate of drug-likeness (QED) is 0.0766. The molecule has 0 amide bonds. The van der Waals surface area contributed by atoms with Gasteiger partial charge in [0, 0.05) is 27.1 Å². The zero-order valence-corrected chi connectivity index (χ0v) is 34.8. The number of ether oxygens (including phenoxy) is 1. The van der Waals surface area contributed by atoms with Crippen molar-refractivity contribution in [2.75, 3.05) is 0 Å². The van der Waals surface area contributed by atoms with Gasteiger partial charge >= 0.3 is 0 Å². The molecule has 2 radical (unpaired) electrons. The van der Waals surface area contributed by atoms with Crippen LogP contribution in [0.4, 0.5) is 0 Å². The number of rotatable bonds is 15. The predicted molar refractivity (Wildman–Crippen MR) is 247 cm³/mol. The lowest BCUT2D eigenvalue weighted by atomic mass is 9.84. The summed E-state index contributed by atoms with van der Waals surface area (Å²) in [7, 11) is 5.86. The highest BCUT2D eigenvalue weighted by molar-refractivity contribution is 7.68. The molecule has 2 atom stereocenters. The topological polar surface area (TPSA) is 27.7 Å². The normalized spacial score (nSPS) is 12.8. The lowest BCUT2D eigenvalue weighted by Crippen LogP contribution is -2.28. The summed E-state index contributed by atoms with van der Waals surface area (Å²) in [5.41, 5.74) is 3.72. The molecule has 0 bridgehead atoms. The molecule has 0 saturated heterocycles. The van der Waals surface area contributed by atoms with Crippen LogP contribution in [0.1, 0.15) is 52.0 Å². The maximum atomic E-state index is 7.60. The third-order valence-electron chi connectivity index (χ3n) is 10.5. The number of benzene rings is 8. The maximum absolute atomic E-state index is 7.60. The highest BCUT2D eigenvalue weighted by atomic mass is 31.1. The Labute approximate surface area is 341 Å². The van der Waals surface area contributed by atoms with E-state index in [4.69, 9.17) is 21.6 Å². The van der Waals surface area contributed by atoms with Gasteiger partial charge in [0.25, 0.3) is 0 Å². The average molecular weight is 781 g/mol. The Morgan fingerprint density at radius 2 is 1.12 bits per heavy atom. The molecule has 6 heteroatoms. The van der Waals surface area contributed by atoms with Crippen molar-refractivity contribution in [1.82, 2.24) is 0 Å². The largest absolute Gasteiger partial charge is 0.479 e. The molecular formula is C51H47BO3P2. The van der Waals surface area contributed by atoms with Gasteiger partial charge in [-0.2, -0.15) is 0 Å². The van der Waals surface area contributed by atoms with E-state index in [0.29, 0.717) is 11.2 Å². The Kier molecular flexibility index (Phi) is 11.9. The number of hydrogen-bond acceptors (Lipinski definition) is 3. The van der Waals surface area contributed by atoms with Crippen LogP contribution in [-0.2, 0) is 6.42 Å². The second-order valence-electron chi connectivity index (χ2n) is 14.8. The summed E-state index contributed by atoms with van der Waals surface area (Å²) < 4.78 is 21.7. The van der Waals surface area contributed by atoms with Gasteiger partial charge < -0.3 is 13.8 Å². The summed E-state index contributed by atoms with van der Waals surface area (Å²) in [6, 6.07) is 57.4. The van der Waals surface area contributed by atoms with E-state index in [1.54, 1.807) is 0 Å². The van der Waals surface area contributed by atoms with E-state index in [-0.39, 0.29) is 8.81 Å². The molecular weight excluding hydrogens is 733 g/mol. The lowest BCUT2D eigenvalue weighted by molar-refractivity contribution is 0.165. The van der Waals surface area contributed by atoms with Crippen LogP contribution in [0.5, 0.6) is 17.2 Å². The number of hydrogen-bond donors (Lipinski definition) is 0. The Bertz CT molecular complexity index is 2590. The summed E-state index contributed by atoms with van der Waals surface area (Å²) in [4.78, 5) is 0. The maximum Gasteiger partial charge on any atom is 0.158 e. The fraction of sp³-hybridized carbons (Fsp3) is 0.176. The molecule has 8 aromatic rings. The highest BCUT2D eigenvalue weighted by Crippen LogP contribution is 2.52. The SMILES string of the molecule is [B]c1cc2ccccc2c(-c2c(OP(c3ccccc3)c3ccccc3)c(CCCC)cc3ccccc23)c1OPC(C)(CCC)Oc1cccc2ccccc12. The van der Waals surface area contributed by atoms with Crippen molar-refractivity contribution in [3.63, 3.8) is 0 Å². The summed E-state index contributed by atoms with van der Waals surface area (Å²) in [5.74, 6) is 2.39. The van der Waals surface area contributed by atoms with Crippen molar-refractivity contribution in [2.24, 2.45) is 0 Å². The first-order valence-corrected chi connectivity index (χ1v) is 22.2. The molecule has 0 aliphatic rings. The minimum absolute atomic E-state index is 0.0507. The van der Waals surface area contributed by atoms with E-state index < -0.39 is 13.5 Å². The van der Waals surface area contributed by atoms with Gasteiger partial charge in [-0.1, -0.05) is 184 Å². The second kappa shape index (κ2) is 17.6. The molecule has 282 valence electrons. The first-order chi connectivity index (χ1) is 28.0. The second-order valence-corrected chi connectivity index (χ2v) is 18.0. The van der Waals surface area contributed by atoms with Crippen molar-refractivity contribution in [1.29, 1.82) is 0 Å². The molecule has 0 spiro atoms. The van der Waals surface area contributed by atoms with Gasteiger partial charge in [-0.05, 0) is 70.8 Å². The molecule has 2 unspecified atom stereocenters. The van der Waals surface area contributed by atoms with Crippen molar-refractivity contribution >= 4 is 73.2 Å². The van der Waals surface area contributed by atoms with Gasteiger partial charge in [-0.3, -0.25) is 0 Å². The minimum Gasteiger partial charge on any atom is -0.479 e. The fourth-order valence-corrected chi connectivity index (χ4v) is 10.6. The third-order valence-corrected chi connectivity index (χ3v) is 13.5. The third kappa shape index (κ3) is 8.31. The zero-order chi connectivity index (χ0) is 39.2. The van der Waals surface area contributed by atoms with E-state index in [2.05, 4.69) is 178 Å². The molecule has 0 heterocycles. The van der Waals surface area contributed by atoms with Gasteiger partial charge in [0.2, 0.25) is 0 Å². The predicted octanol–water partition coefficient (Wildman–Crippen LogP) is 12.9. The van der Waals surface area contributed by atoms with Gasteiger partial charge in [-0.25, -0.2) is 0 Å². The van der Waals surface area contributed by atoms with E-state index in [1.165, 1.54) is 5.56 Å². The summed E-state index contributed by atoms with van der Waals surface area (Å²) in [6.45, 7) is 6.60. The first-order valence-electron chi connectivity index (χ1n) is 20.0. The number of aryl methyl sites for hydroxylation is 1. The molecule has 0 saturated carbocycles. The van der Waals surface area contributed by atoms with Gasteiger partial charge in [0.1, 0.15) is 33.9 Å². The summed E-state index contributed by atoms with van der Waals surface area (Å²) >= 11 is 0. The van der Waals surface area contributed by atoms with E-state index in [1.807, 2.05) is 6.07 Å². The van der Waals surface area contributed by atoms with E-state index >= 15 is 0 Å². The molecule has 3 nitrogen and oxygen atoms in total. The molecule has 8 rings (SSSR count). The van der Waals surface area contributed by atoms with Crippen LogP contribution >= 0.6 is 17.0 Å². The molecule has 0 aliphatic heterocycles. The molecule has 0 aromatic heterocycles. The van der Waals surface area contributed by atoms with Crippen LogP contribution in [0.3, 0.4) is 0 Å². The van der Waals surface area contributed by atoms with Crippen LogP contribution in [0.15, 0.2) is 164 Å². The van der Waals surface area contributed by atoms with Crippen molar-refractivity contribution in [2.45, 2.75) is 58.2 Å². The molecule has 0 N–H and O–H groups in total. The molecule has 8 aromatic carbocycles. The van der Waals surface area contributed by atoms with Crippen LogP contribution in [0.25, 0.3) is 43.4 Å². The first kappa shape index (κ1) is 38.7. The molecule has 57 heavy (non-hydrogen) atoms. The highest BCUT2D eigenvalue weighted by Gasteiger charge is 2.31. The van der Waals surface area contributed by atoms with Crippen molar-refractivity contribution in [3.05, 3.63) is 169 Å². The Morgan fingerprint density at radius 1 is 0.579 bits per heavy atom. The smallest absolute Gasteiger partial charge is 0.158 e. The monoisotopic (exact) mass is 780 g/mol. The van der Waals surface area contributed by atoms with Crippen LogP contribution < -0.4 is 29.9 Å². The summed E-state index contributed by atoms with van der Waals surface area (Å²) in [5, 5.41) is 8.27. The Balaban J connectivity index is 1.34. The van der Waals surface area contributed by atoms with Gasteiger partial charge in [-0.15, -0.1) is 0 Å². The molecule has 0 aliphatic carbocycles. The fourth-order valence-electron chi connectivity index (χ4n) is 7.76. The van der Waals surface area contributed by atoms with E-state index in [0.717, 1.165) is 97.7 Å². The number of fused-ring (bicyclic) bond motifs is 3. The zero-order valence-electron chi connectivity index (χ0n) is 32.9.